The van der Waals surface area contributed by atoms with Gasteiger partial charge in [0.05, 0.1) is 0 Å². The Kier molecular flexibility index (Phi) is 8.80. The first-order chi connectivity index (χ1) is 6.35. The van der Waals surface area contributed by atoms with E-state index in [0.29, 0.717) is 0 Å². The molecule has 1 rings (SSSR count). The van der Waals surface area contributed by atoms with E-state index in [-0.39, 0.29) is 0 Å². The number of allylic oxidation sites excluding steroid dienone is 6. The van der Waals surface area contributed by atoms with E-state index in [1.165, 1.54) is 12.0 Å². The molecule has 0 unspecified atom stereocenters. The molecule has 0 saturated heterocycles. The highest BCUT2D eigenvalue weighted by Gasteiger charge is 1.89. The summed E-state index contributed by atoms with van der Waals surface area (Å²) in [7, 11) is 0. The lowest BCUT2D eigenvalue weighted by molar-refractivity contribution is 1.03. The third-order valence-electron chi connectivity index (χ3n) is 1.57. The molecule has 0 fully saturated rings. The molecule has 1 heteroatoms. The lowest BCUT2D eigenvalue weighted by Crippen LogP contribution is -1.78. The summed E-state index contributed by atoms with van der Waals surface area (Å²) >= 11 is 5.38. The maximum absolute atomic E-state index is 5.38. The average molecular weight is 197 g/mol. The second-order valence-corrected chi connectivity index (χ2v) is 2.93. The highest BCUT2D eigenvalue weighted by molar-refractivity contribution is 6.25. The van der Waals surface area contributed by atoms with Gasteiger partial charge in [0.25, 0.3) is 0 Å². The van der Waals surface area contributed by atoms with Crippen LogP contribution in [0.4, 0.5) is 0 Å². The van der Waals surface area contributed by atoms with E-state index in [9.17, 15) is 0 Å². The van der Waals surface area contributed by atoms with Crippen molar-refractivity contribution in [1.29, 1.82) is 0 Å². The van der Waals surface area contributed by atoms with Crippen LogP contribution in [-0.4, -0.2) is 0 Å². The zero-order valence-electron chi connectivity index (χ0n) is 8.17. The lowest BCUT2D eigenvalue weighted by atomic mass is 10.1. The highest BCUT2D eigenvalue weighted by Crippen LogP contribution is 2.10. The Bertz CT molecular complexity index is 205. The van der Waals surface area contributed by atoms with E-state index in [2.05, 4.69) is 31.7 Å². The molecule has 0 spiro atoms. The molecule has 0 atom stereocenters. The van der Waals surface area contributed by atoms with Crippen molar-refractivity contribution in [2.45, 2.75) is 26.2 Å². The second-order valence-electron chi connectivity index (χ2n) is 2.67. The van der Waals surface area contributed by atoms with Crippen LogP contribution in [0, 0.1) is 0 Å². The van der Waals surface area contributed by atoms with E-state index in [4.69, 9.17) is 11.6 Å². The minimum atomic E-state index is 1.08. The first-order valence-corrected chi connectivity index (χ1v) is 5.03. The Morgan fingerprint density at radius 2 is 2.23 bits per heavy atom. The topological polar surface area (TPSA) is 0 Å². The van der Waals surface area contributed by atoms with E-state index in [1.807, 2.05) is 12.2 Å². The van der Waals surface area contributed by atoms with Gasteiger partial charge in [-0.25, -0.2) is 0 Å². The van der Waals surface area contributed by atoms with Crippen LogP contribution in [0.5, 0.6) is 0 Å². The fourth-order valence-electron chi connectivity index (χ4n) is 0.830. The first-order valence-electron chi connectivity index (χ1n) is 4.59. The summed E-state index contributed by atoms with van der Waals surface area (Å²) in [6.45, 7) is 5.54. The molecule has 0 nitrogen and oxygen atoms in total. The normalized spacial score (nSPS) is 14.8. The van der Waals surface area contributed by atoms with Crippen molar-refractivity contribution in [1.82, 2.24) is 0 Å². The zero-order chi connectivity index (χ0) is 9.94. The van der Waals surface area contributed by atoms with Crippen molar-refractivity contribution < 1.29 is 0 Å². The summed E-state index contributed by atoms with van der Waals surface area (Å²) < 4.78 is 0. The average Bonchev–Trinajstić information content (AvgIpc) is 2.20. The maximum Gasteiger partial charge on any atom is 0.00483 e. The minimum Gasteiger partial charge on any atom is -0.103 e. The van der Waals surface area contributed by atoms with Crippen LogP contribution < -0.4 is 0 Å². The fourth-order valence-corrected chi connectivity index (χ4v) is 0.975. The Balaban J connectivity index is 0.000000310. The quantitative estimate of drug-likeness (QED) is 0.567. The van der Waals surface area contributed by atoms with Gasteiger partial charge in [-0.1, -0.05) is 42.8 Å². The van der Waals surface area contributed by atoms with Crippen LogP contribution >= 0.6 is 11.6 Å². The molecule has 0 amide bonds. The molecule has 0 bridgehead atoms. The van der Waals surface area contributed by atoms with E-state index in [1.54, 1.807) is 5.54 Å². The van der Waals surface area contributed by atoms with E-state index >= 15 is 0 Å². The number of hydrogen-bond acceptors (Lipinski definition) is 0. The van der Waals surface area contributed by atoms with Crippen LogP contribution in [0.3, 0.4) is 0 Å². The van der Waals surface area contributed by atoms with Crippen molar-refractivity contribution >= 4 is 11.6 Å². The van der Waals surface area contributed by atoms with Crippen LogP contribution in [0.25, 0.3) is 0 Å². The summed E-state index contributed by atoms with van der Waals surface area (Å²) in [5.41, 5.74) is 2.76. The molecule has 72 valence electrons. The Labute approximate surface area is 86.3 Å². The summed E-state index contributed by atoms with van der Waals surface area (Å²) in [5.74, 6) is 0. The molecule has 0 heterocycles. The monoisotopic (exact) mass is 196 g/mol. The minimum absolute atomic E-state index is 1.08. The molecule has 1 aliphatic carbocycles. The third kappa shape index (κ3) is 7.61. The standard InChI is InChI=1S/C8H9Cl.C4H8/c9-7-6-8-4-2-1-3-5-8;1-3-4-2/h2,4-7H,1,3H2;3H,1,4H2,2H3/b7-6+;. The van der Waals surface area contributed by atoms with Gasteiger partial charge in [-0.3, -0.25) is 0 Å². The Hall–Kier alpha value is -0.750. The van der Waals surface area contributed by atoms with Gasteiger partial charge < -0.3 is 0 Å². The largest absolute Gasteiger partial charge is 0.103 e. The number of rotatable bonds is 2. The lowest BCUT2D eigenvalue weighted by Gasteiger charge is -1.98. The molecule has 0 N–H and O–H groups in total. The number of hydrogen-bond donors (Lipinski definition) is 0. The van der Waals surface area contributed by atoms with Crippen LogP contribution in [0.2, 0.25) is 0 Å². The van der Waals surface area contributed by atoms with Gasteiger partial charge in [-0.2, -0.15) is 0 Å². The van der Waals surface area contributed by atoms with Gasteiger partial charge in [0.15, 0.2) is 0 Å². The molecule has 0 aromatic heterocycles. The summed E-state index contributed by atoms with van der Waals surface area (Å²) in [5, 5.41) is 0. The van der Waals surface area contributed by atoms with Crippen LogP contribution in [0.1, 0.15) is 26.2 Å². The van der Waals surface area contributed by atoms with E-state index < -0.39 is 0 Å². The molecular formula is C12H17Cl. The molecule has 1 aliphatic rings. The summed E-state index contributed by atoms with van der Waals surface area (Å²) in [6.07, 6.45) is 13.6. The molecule has 0 aromatic rings. The smallest absolute Gasteiger partial charge is 0.00483 e. The Morgan fingerprint density at radius 3 is 2.62 bits per heavy atom. The molecule has 13 heavy (non-hydrogen) atoms. The third-order valence-corrected chi connectivity index (χ3v) is 1.69. The van der Waals surface area contributed by atoms with Gasteiger partial charge in [0.1, 0.15) is 0 Å². The van der Waals surface area contributed by atoms with Crippen molar-refractivity contribution in [3.05, 3.63) is 48.1 Å². The predicted octanol–water partition coefficient (Wildman–Crippen LogP) is 4.60. The molecule has 0 saturated carbocycles. The first kappa shape index (κ1) is 12.2. The number of halogens is 1. The summed E-state index contributed by atoms with van der Waals surface area (Å²) in [6, 6.07) is 0. The zero-order valence-corrected chi connectivity index (χ0v) is 8.93. The highest BCUT2D eigenvalue weighted by atomic mass is 35.5. The summed E-state index contributed by atoms with van der Waals surface area (Å²) in [4.78, 5) is 0. The molecular weight excluding hydrogens is 180 g/mol. The van der Waals surface area contributed by atoms with Gasteiger partial charge >= 0.3 is 0 Å². The predicted molar refractivity (Wildman–Crippen MR) is 61.9 cm³/mol. The molecule has 0 aliphatic heterocycles. The van der Waals surface area contributed by atoms with Crippen molar-refractivity contribution in [3.8, 4) is 0 Å². The van der Waals surface area contributed by atoms with Gasteiger partial charge in [0, 0.05) is 5.54 Å². The maximum atomic E-state index is 5.38. The Morgan fingerprint density at radius 1 is 1.54 bits per heavy atom. The van der Waals surface area contributed by atoms with Crippen LogP contribution in [-0.2, 0) is 0 Å². The van der Waals surface area contributed by atoms with Gasteiger partial charge in [-0.15, -0.1) is 6.58 Å². The fraction of sp³-hybridized carbons (Fsp3) is 0.333. The molecule has 0 radical (unpaired) electrons. The van der Waals surface area contributed by atoms with Crippen LogP contribution in [0.15, 0.2) is 48.1 Å². The van der Waals surface area contributed by atoms with Gasteiger partial charge in [-0.05, 0) is 30.9 Å². The second kappa shape index (κ2) is 9.34. The molecule has 0 aromatic carbocycles. The SMILES string of the molecule is C=CCC.Cl/C=C/C1=CCCC=C1. The van der Waals surface area contributed by atoms with Crippen molar-refractivity contribution in [2.24, 2.45) is 0 Å². The van der Waals surface area contributed by atoms with Crippen molar-refractivity contribution in [2.75, 3.05) is 0 Å². The van der Waals surface area contributed by atoms with Crippen molar-refractivity contribution in [3.63, 3.8) is 0 Å². The van der Waals surface area contributed by atoms with E-state index in [0.717, 1.165) is 12.8 Å². The van der Waals surface area contributed by atoms with Gasteiger partial charge in [0.2, 0.25) is 0 Å².